The fourth-order valence-electron chi connectivity index (χ4n) is 1.98. The van der Waals surface area contributed by atoms with Gasteiger partial charge >= 0.3 is 0 Å². The van der Waals surface area contributed by atoms with Gasteiger partial charge in [-0.1, -0.05) is 0 Å². The maximum absolute atomic E-state index is 12.6. The zero-order valence-corrected chi connectivity index (χ0v) is 9.73. The third-order valence-electron chi connectivity index (χ3n) is 3.04. The molecule has 1 aromatic rings. The lowest BCUT2D eigenvalue weighted by Gasteiger charge is -2.31. The van der Waals surface area contributed by atoms with E-state index >= 15 is 0 Å². The molecule has 1 amide bonds. The van der Waals surface area contributed by atoms with Crippen molar-refractivity contribution in [2.45, 2.75) is 18.9 Å². The van der Waals surface area contributed by atoms with E-state index in [2.05, 4.69) is 4.98 Å². The number of methoxy groups -OCH3 is 1. The Hall–Kier alpha value is -1.49. The standard InChI is InChI=1S/C12H15FN2O2/c1-17-10-4-6-15(7-5-10)12(16)9-2-3-11(13)14-8-9/h2-3,8,10H,4-7H2,1H3. The van der Waals surface area contributed by atoms with Gasteiger partial charge in [-0.3, -0.25) is 4.79 Å². The van der Waals surface area contributed by atoms with Crippen molar-refractivity contribution in [2.24, 2.45) is 0 Å². The molecule has 1 aliphatic rings. The normalized spacial score (nSPS) is 17.2. The molecule has 0 N–H and O–H groups in total. The smallest absolute Gasteiger partial charge is 0.255 e. The van der Waals surface area contributed by atoms with E-state index in [-0.39, 0.29) is 12.0 Å². The van der Waals surface area contributed by atoms with Crippen LogP contribution in [0.5, 0.6) is 0 Å². The second-order valence-corrected chi connectivity index (χ2v) is 4.10. The van der Waals surface area contributed by atoms with Gasteiger partial charge in [0.15, 0.2) is 0 Å². The summed E-state index contributed by atoms with van der Waals surface area (Å²) in [5.74, 6) is -0.660. The molecular weight excluding hydrogens is 223 g/mol. The van der Waals surface area contributed by atoms with Crippen molar-refractivity contribution in [1.82, 2.24) is 9.88 Å². The molecular formula is C12H15FN2O2. The number of amides is 1. The molecule has 2 heterocycles. The highest BCUT2D eigenvalue weighted by Gasteiger charge is 2.23. The summed E-state index contributed by atoms with van der Waals surface area (Å²) in [6.07, 6.45) is 3.21. The second-order valence-electron chi connectivity index (χ2n) is 4.10. The van der Waals surface area contributed by atoms with Gasteiger partial charge in [0.2, 0.25) is 5.95 Å². The first-order chi connectivity index (χ1) is 8.20. The van der Waals surface area contributed by atoms with E-state index in [1.807, 2.05) is 0 Å². The van der Waals surface area contributed by atoms with E-state index in [1.165, 1.54) is 18.3 Å². The average molecular weight is 238 g/mol. The van der Waals surface area contributed by atoms with Gasteiger partial charge < -0.3 is 9.64 Å². The summed E-state index contributed by atoms with van der Waals surface area (Å²) in [6.45, 7) is 1.35. The van der Waals surface area contributed by atoms with Gasteiger partial charge in [-0.05, 0) is 25.0 Å². The van der Waals surface area contributed by atoms with Crippen molar-refractivity contribution in [3.05, 3.63) is 29.8 Å². The lowest BCUT2D eigenvalue weighted by molar-refractivity contribution is 0.0350. The Morgan fingerprint density at radius 3 is 2.71 bits per heavy atom. The Morgan fingerprint density at radius 2 is 2.18 bits per heavy atom. The number of halogens is 1. The molecule has 5 heteroatoms. The van der Waals surface area contributed by atoms with Crippen molar-refractivity contribution in [1.29, 1.82) is 0 Å². The van der Waals surface area contributed by atoms with Crippen LogP contribution in [0.4, 0.5) is 4.39 Å². The summed E-state index contributed by atoms with van der Waals surface area (Å²) in [4.78, 5) is 17.3. The minimum atomic E-state index is -0.570. The fourth-order valence-corrected chi connectivity index (χ4v) is 1.98. The molecule has 0 unspecified atom stereocenters. The van der Waals surface area contributed by atoms with Crippen molar-refractivity contribution >= 4 is 5.91 Å². The molecule has 0 aromatic carbocycles. The van der Waals surface area contributed by atoms with Crippen LogP contribution in [0.15, 0.2) is 18.3 Å². The van der Waals surface area contributed by atoms with Crippen molar-refractivity contribution in [3.8, 4) is 0 Å². The number of hydrogen-bond acceptors (Lipinski definition) is 3. The predicted molar refractivity (Wildman–Crippen MR) is 60.1 cm³/mol. The van der Waals surface area contributed by atoms with Crippen LogP contribution in [0.1, 0.15) is 23.2 Å². The Morgan fingerprint density at radius 1 is 1.47 bits per heavy atom. The predicted octanol–water partition coefficient (Wildman–Crippen LogP) is 1.47. The summed E-state index contributed by atoms with van der Waals surface area (Å²) < 4.78 is 17.9. The van der Waals surface area contributed by atoms with E-state index < -0.39 is 5.95 Å². The largest absolute Gasteiger partial charge is 0.381 e. The SMILES string of the molecule is COC1CCN(C(=O)c2ccc(F)nc2)CC1. The van der Waals surface area contributed by atoms with Gasteiger partial charge in [0, 0.05) is 26.4 Å². The first-order valence-electron chi connectivity index (χ1n) is 5.64. The molecule has 2 rings (SSSR count). The summed E-state index contributed by atoms with van der Waals surface area (Å²) in [5.41, 5.74) is 0.433. The monoisotopic (exact) mass is 238 g/mol. The van der Waals surface area contributed by atoms with Crippen LogP contribution in [0.3, 0.4) is 0 Å². The topological polar surface area (TPSA) is 42.4 Å². The number of ether oxygens (including phenoxy) is 1. The molecule has 0 aliphatic carbocycles. The maximum atomic E-state index is 12.6. The van der Waals surface area contributed by atoms with E-state index in [4.69, 9.17) is 4.74 Å². The van der Waals surface area contributed by atoms with Gasteiger partial charge in [0.25, 0.3) is 5.91 Å². The highest BCUT2D eigenvalue weighted by molar-refractivity contribution is 5.93. The number of pyridine rings is 1. The number of carbonyl (C=O) groups is 1. The molecule has 1 fully saturated rings. The molecule has 1 saturated heterocycles. The van der Waals surface area contributed by atoms with Crippen LogP contribution in [-0.4, -0.2) is 42.1 Å². The van der Waals surface area contributed by atoms with Crippen molar-refractivity contribution in [2.75, 3.05) is 20.2 Å². The lowest BCUT2D eigenvalue weighted by Crippen LogP contribution is -2.40. The molecule has 0 saturated carbocycles. The number of aromatic nitrogens is 1. The Bertz CT molecular complexity index is 386. The Labute approximate surface area is 99.4 Å². The third kappa shape index (κ3) is 2.79. The van der Waals surface area contributed by atoms with E-state index in [1.54, 1.807) is 12.0 Å². The summed E-state index contributed by atoms with van der Waals surface area (Å²) in [7, 11) is 1.69. The maximum Gasteiger partial charge on any atom is 0.255 e. The van der Waals surface area contributed by atoms with E-state index in [9.17, 15) is 9.18 Å². The molecule has 1 aliphatic heterocycles. The molecule has 0 spiro atoms. The number of piperidine rings is 1. The van der Waals surface area contributed by atoms with Gasteiger partial charge in [0.05, 0.1) is 11.7 Å². The molecule has 17 heavy (non-hydrogen) atoms. The van der Waals surface area contributed by atoms with Crippen molar-refractivity contribution in [3.63, 3.8) is 0 Å². The molecule has 0 atom stereocenters. The second kappa shape index (κ2) is 5.23. The molecule has 0 bridgehead atoms. The number of rotatable bonds is 2. The Balaban J connectivity index is 1.99. The highest BCUT2D eigenvalue weighted by Crippen LogP contribution is 2.15. The van der Waals surface area contributed by atoms with E-state index in [0.717, 1.165) is 12.8 Å². The van der Waals surface area contributed by atoms with Gasteiger partial charge in [-0.2, -0.15) is 4.39 Å². The first kappa shape index (κ1) is 12.0. The molecule has 1 aromatic heterocycles. The van der Waals surface area contributed by atoms with Gasteiger partial charge in [-0.15, -0.1) is 0 Å². The summed E-state index contributed by atoms with van der Waals surface area (Å²) in [5, 5.41) is 0. The lowest BCUT2D eigenvalue weighted by atomic mass is 10.1. The van der Waals surface area contributed by atoms with Crippen LogP contribution in [-0.2, 0) is 4.74 Å². The van der Waals surface area contributed by atoms with Crippen LogP contribution in [0.25, 0.3) is 0 Å². The van der Waals surface area contributed by atoms with Crippen LogP contribution in [0, 0.1) is 5.95 Å². The number of hydrogen-bond donors (Lipinski definition) is 0. The Kier molecular flexibility index (Phi) is 3.68. The minimum absolute atomic E-state index is 0.0907. The van der Waals surface area contributed by atoms with Crippen LogP contribution in [0.2, 0.25) is 0 Å². The van der Waals surface area contributed by atoms with Crippen LogP contribution < -0.4 is 0 Å². The van der Waals surface area contributed by atoms with Crippen LogP contribution >= 0.6 is 0 Å². The third-order valence-corrected chi connectivity index (χ3v) is 3.04. The minimum Gasteiger partial charge on any atom is -0.381 e. The van der Waals surface area contributed by atoms with Gasteiger partial charge in [0.1, 0.15) is 0 Å². The molecule has 92 valence electrons. The average Bonchev–Trinajstić information content (AvgIpc) is 2.39. The molecule has 4 nitrogen and oxygen atoms in total. The first-order valence-corrected chi connectivity index (χ1v) is 5.64. The molecule has 0 radical (unpaired) electrons. The highest BCUT2D eigenvalue weighted by atomic mass is 19.1. The fraction of sp³-hybridized carbons (Fsp3) is 0.500. The number of likely N-dealkylation sites (tertiary alicyclic amines) is 1. The summed E-state index contributed by atoms with van der Waals surface area (Å²) >= 11 is 0. The number of nitrogens with zero attached hydrogens (tertiary/aromatic N) is 2. The van der Waals surface area contributed by atoms with Crippen molar-refractivity contribution < 1.29 is 13.9 Å². The zero-order chi connectivity index (χ0) is 12.3. The quantitative estimate of drug-likeness (QED) is 0.733. The summed E-state index contributed by atoms with van der Waals surface area (Å²) in [6, 6.07) is 2.67. The van der Waals surface area contributed by atoms with E-state index in [0.29, 0.717) is 18.7 Å². The van der Waals surface area contributed by atoms with Gasteiger partial charge in [-0.25, -0.2) is 4.98 Å². The zero-order valence-electron chi connectivity index (χ0n) is 9.73. The number of carbonyl (C=O) groups excluding carboxylic acids is 1.